The quantitative estimate of drug-likeness (QED) is 0.389. The smallest absolute Gasteiger partial charge is 0.269 e. The fourth-order valence-corrected chi connectivity index (χ4v) is 4.93. The number of fused-ring (bicyclic) bond motifs is 2. The van der Waals surface area contributed by atoms with Gasteiger partial charge in [-0.25, -0.2) is 4.98 Å². The number of nitrogens with one attached hydrogen (secondary N) is 1. The van der Waals surface area contributed by atoms with Gasteiger partial charge < -0.3 is 5.32 Å². The number of rotatable bonds is 3. The molecule has 8 nitrogen and oxygen atoms in total. The normalized spacial score (nSPS) is 15.8. The van der Waals surface area contributed by atoms with E-state index < -0.39 is 4.92 Å². The summed E-state index contributed by atoms with van der Waals surface area (Å²) in [5, 5.41) is 19.3. The Kier molecular flexibility index (Phi) is 4.14. The van der Waals surface area contributed by atoms with Crippen molar-refractivity contribution in [3.63, 3.8) is 0 Å². The summed E-state index contributed by atoms with van der Waals surface area (Å²) in [6.45, 7) is 3.94. The minimum atomic E-state index is -0.430. The second-order valence-electron chi connectivity index (χ2n) is 7.38. The summed E-state index contributed by atoms with van der Waals surface area (Å²) in [6, 6.07) is 12.4. The average Bonchev–Trinajstić information content (AvgIpc) is 3.28. The molecule has 4 aromatic rings. The van der Waals surface area contributed by atoms with Crippen LogP contribution in [-0.4, -0.2) is 25.6 Å². The van der Waals surface area contributed by atoms with Crippen molar-refractivity contribution >= 4 is 39.0 Å². The lowest BCUT2D eigenvalue weighted by Gasteiger charge is -2.24. The first-order valence-corrected chi connectivity index (χ1v) is 10.2. The van der Waals surface area contributed by atoms with Crippen LogP contribution >= 0.6 is 11.3 Å². The molecule has 0 saturated carbocycles. The number of carbonyl (C=O) groups is 1. The van der Waals surface area contributed by atoms with Crippen LogP contribution in [-0.2, 0) is 4.79 Å². The zero-order valence-corrected chi connectivity index (χ0v) is 17.1. The summed E-state index contributed by atoms with van der Waals surface area (Å²) >= 11 is 1.52. The van der Waals surface area contributed by atoms with Gasteiger partial charge >= 0.3 is 0 Å². The molecule has 1 atom stereocenters. The molecule has 1 N–H and O–H groups in total. The Hall–Kier alpha value is -3.59. The number of thiazole rings is 1. The Morgan fingerprint density at radius 1 is 1.20 bits per heavy atom. The molecule has 0 spiro atoms. The Morgan fingerprint density at radius 3 is 2.70 bits per heavy atom. The molecule has 5 rings (SSSR count). The highest BCUT2D eigenvalue weighted by molar-refractivity contribution is 7.20. The number of nitro benzene ring substituents is 1. The van der Waals surface area contributed by atoms with Crippen LogP contribution in [0.2, 0.25) is 0 Å². The molecule has 150 valence electrons. The van der Waals surface area contributed by atoms with E-state index in [-0.39, 0.29) is 23.9 Å². The van der Waals surface area contributed by atoms with E-state index in [0.717, 1.165) is 32.6 Å². The molecule has 1 aliphatic heterocycles. The number of benzene rings is 2. The van der Waals surface area contributed by atoms with E-state index in [0.29, 0.717) is 10.9 Å². The predicted molar refractivity (Wildman–Crippen MR) is 114 cm³/mol. The first-order chi connectivity index (χ1) is 14.4. The van der Waals surface area contributed by atoms with Crippen molar-refractivity contribution in [1.29, 1.82) is 0 Å². The van der Waals surface area contributed by atoms with Gasteiger partial charge in [0, 0.05) is 30.0 Å². The third-order valence-electron chi connectivity index (χ3n) is 5.32. The van der Waals surface area contributed by atoms with Gasteiger partial charge in [0.25, 0.3) is 5.69 Å². The number of aryl methyl sites for hydroxylation is 2. The lowest BCUT2D eigenvalue weighted by Crippen LogP contribution is -2.24. The van der Waals surface area contributed by atoms with Crippen LogP contribution in [0.15, 0.2) is 42.5 Å². The number of hydrogen-bond donors (Lipinski definition) is 1. The average molecular weight is 419 g/mol. The van der Waals surface area contributed by atoms with Crippen LogP contribution in [0.4, 0.5) is 11.5 Å². The van der Waals surface area contributed by atoms with E-state index in [1.165, 1.54) is 23.5 Å². The van der Waals surface area contributed by atoms with Gasteiger partial charge in [-0.15, -0.1) is 0 Å². The van der Waals surface area contributed by atoms with Crippen molar-refractivity contribution in [3.8, 4) is 5.13 Å². The molecule has 0 fully saturated rings. The molecule has 0 saturated heterocycles. The zero-order chi connectivity index (χ0) is 21.0. The molecule has 1 amide bonds. The van der Waals surface area contributed by atoms with Gasteiger partial charge in [0.1, 0.15) is 5.82 Å². The van der Waals surface area contributed by atoms with Crippen LogP contribution < -0.4 is 5.32 Å². The molecular weight excluding hydrogens is 402 g/mol. The largest absolute Gasteiger partial charge is 0.310 e. The summed E-state index contributed by atoms with van der Waals surface area (Å²) < 4.78 is 2.75. The molecular formula is C21H17N5O3S. The van der Waals surface area contributed by atoms with Gasteiger partial charge in [-0.05, 0) is 37.1 Å². The number of amides is 1. The van der Waals surface area contributed by atoms with Crippen molar-refractivity contribution in [2.45, 2.75) is 26.2 Å². The summed E-state index contributed by atoms with van der Waals surface area (Å²) in [5.74, 6) is 0.270. The molecule has 0 radical (unpaired) electrons. The fourth-order valence-electron chi connectivity index (χ4n) is 3.91. The minimum absolute atomic E-state index is 0.0245. The number of non-ortho nitro benzene ring substituents is 1. The number of anilines is 1. The molecule has 2 aromatic carbocycles. The molecule has 3 heterocycles. The molecule has 1 aliphatic rings. The van der Waals surface area contributed by atoms with Crippen LogP contribution in [0, 0.1) is 24.0 Å². The maximum absolute atomic E-state index is 12.5. The molecule has 1 unspecified atom stereocenters. The molecule has 0 bridgehead atoms. The van der Waals surface area contributed by atoms with Crippen molar-refractivity contribution in [2.24, 2.45) is 0 Å². The second kappa shape index (κ2) is 6.74. The number of aromatic nitrogens is 3. The summed E-state index contributed by atoms with van der Waals surface area (Å²) in [6.07, 6.45) is 0.260. The van der Waals surface area contributed by atoms with Gasteiger partial charge in [0.05, 0.1) is 20.8 Å². The molecule has 30 heavy (non-hydrogen) atoms. The van der Waals surface area contributed by atoms with Crippen molar-refractivity contribution in [3.05, 3.63) is 75.0 Å². The van der Waals surface area contributed by atoms with Gasteiger partial charge in [0.2, 0.25) is 11.0 Å². The maximum Gasteiger partial charge on any atom is 0.269 e. The monoisotopic (exact) mass is 419 g/mol. The number of carbonyl (C=O) groups excluding carboxylic acids is 1. The van der Waals surface area contributed by atoms with Gasteiger partial charge in [-0.2, -0.15) is 9.78 Å². The lowest BCUT2D eigenvalue weighted by atomic mass is 9.86. The number of nitro groups is 1. The molecule has 9 heteroatoms. The van der Waals surface area contributed by atoms with Gasteiger partial charge in [-0.1, -0.05) is 29.5 Å². The third-order valence-corrected chi connectivity index (χ3v) is 6.32. The first kappa shape index (κ1) is 18.4. The topological polar surface area (TPSA) is 103 Å². The van der Waals surface area contributed by atoms with E-state index >= 15 is 0 Å². The van der Waals surface area contributed by atoms with Gasteiger partial charge in [0.15, 0.2) is 0 Å². The number of nitrogens with zero attached hydrogens (tertiary/aromatic N) is 4. The van der Waals surface area contributed by atoms with Crippen molar-refractivity contribution < 1.29 is 9.72 Å². The summed E-state index contributed by atoms with van der Waals surface area (Å²) in [4.78, 5) is 27.7. The van der Waals surface area contributed by atoms with Crippen molar-refractivity contribution in [2.75, 3.05) is 5.32 Å². The Balaban J connectivity index is 1.63. The van der Waals surface area contributed by atoms with Crippen LogP contribution in [0.1, 0.15) is 34.7 Å². The van der Waals surface area contributed by atoms with E-state index in [1.54, 1.807) is 16.8 Å². The highest BCUT2D eigenvalue weighted by Crippen LogP contribution is 2.41. The van der Waals surface area contributed by atoms with Gasteiger partial charge in [-0.3, -0.25) is 14.9 Å². The van der Waals surface area contributed by atoms with Crippen LogP contribution in [0.25, 0.3) is 15.3 Å². The second-order valence-corrected chi connectivity index (χ2v) is 8.39. The molecule has 0 aliphatic carbocycles. The SMILES string of the molecule is Cc1ccc2nc(-n3nc(C)c4c3NC(=O)CC4c3ccc([N+](=O)[O-])cc3)sc2c1. The Bertz CT molecular complexity index is 1320. The highest BCUT2D eigenvalue weighted by Gasteiger charge is 2.33. The number of hydrogen-bond acceptors (Lipinski definition) is 6. The van der Waals surface area contributed by atoms with Crippen LogP contribution in [0.3, 0.4) is 0 Å². The highest BCUT2D eigenvalue weighted by atomic mass is 32.1. The van der Waals surface area contributed by atoms with Crippen molar-refractivity contribution in [1.82, 2.24) is 14.8 Å². The fraction of sp³-hybridized carbons (Fsp3) is 0.190. The third kappa shape index (κ3) is 2.94. The summed E-state index contributed by atoms with van der Waals surface area (Å²) in [7, 11) is 0. The Morgan fingerprint density at radius 2 is 1.97 bits per heavy atom. The first-order valence-electron chi connectivity index (χ1n) is 9.42. The minimum Gasteiger partial charge on any atom is -0.310 e. The van der Waals surface area contributed by atoms with E-state index in [1.807, 2.05) is 26.0 Å². The van der Waals surface area contributed by atoms with E-state index in [4.69, 9.17) is 4.98 Å². The van der Waals surface area contributed by atoms with E-state index in [9.17, 15) is 14.9 Å². The standard InChI is InChI=1S/C21H17N5O3S/c1-11-3-8-16-17(9-11)30-21(22-16)25-20-19(12(2)24-25)15(10-18(27)23-20)13-4-6-14(7-5-13)26(28)29/h3-9,15H,10H2,1-2H3,(H,23,27). The van der Waals surface area contributed by atoms with Crippen LogP contribution in [0.5, 0.6) is 0 Å². The predicted octanol–water partition coefficient (Wildman–Crippen LogP) is 4.48. The Labute approximate surface area is 175 Å². The maximum atomic E-state index is 12.5. The molecule has 2 aromatic heterocycles. The van der Waals surface area contributed by atoms with E-state index in [2.05, 4.69) is 16.5 Å². The summed E-state index contributed by atoms with van der Waals surface area (Å²) in [5.41, 5.74) is 4.62. The zero-order valence-electron chi connectivity index (χ0n) is 16.2. The lowest BCUT2D eigenvalue weighted by molar-refractivity contribution is -0.384.